The summed E-state index contributed by atoms with van der Waals surface area (Å²) in [5.41, 5.74) is 2.80. The van der Waals surface area contributed by atoms with E-state index in [0.717, 1.165) is 11.1 Å². The minimum Gasteiger partial charge on any atom is -0.507 e. The lowest BCUT2D eigenvalue weighted by Gasteiger charge is -2.26. The van der Waals surface area contributed by atoms with Crippen molar-refractivity contribution in [3.8, 4) is 5.75 Å². The molecule has 0 bridgehead atoms. The lowest BCUT2D eigenvalue weighted by atomic mass is 9.95. The molecule has 1 aliphatic heterocycles. The average Bonchev–Trinajstić information content (AvgIpc) is 3.11. The topological polar surface area (TPSA) is 66.8 Å². The number of amides is 1. The third-order valence-electron chi connectivity index (χ3n) is 5.90. The number of benzene rings is 3. The summed E-state index contributed by atoms with van der Waals surface area (Å²) < 4.78 is 5.54. The maximum absolute atomic E-state index is 13.3. The number of Topliss-reactive ketones (excluding diaryl/α,β-unsaturated/α-hetero) is 1. The van der Waals surface area contributed by atoms with Gasteiger partial charge >= 0.3 is 0 Å². The van der Waals surface area contributed by atoms with Crippen LogP contribution in [0, 0.1) is 0 Å². The van der Waals surface area contributed by atoms with Crippen LogP contribution in [-0.4, -0.2) is 23.4 Å². The Morgan fingerprint density at radius 3 is 2.32 bits per heavy atom. The number of anilines is 1. The predicted octanol–water partition coefficient (Wildman–Crippen LogP) is 6.49. The number of hydrogen-bond donors (Lipinski definition) is 1. The molecule has 174 valence electrons. The SMILES string of the molecule is CCOc1cc(/C(O)=C2/C(=O)C(=O)N(c3ccc(C(C)C)cc3)C2c2ccccc2)ccc1Cl. The van der Waals surface area contributed by atoms with Crippen molar-refractivity contribution in [3.05, 3.63) is 100 Å². The molecule has 1 N–H and O–H groups in total. The van der Waals surface area contributed by atoms with Gasteiger partial charge in [-0.3, -0.25) is 14.5 Å². The molecule has 0 aliphatic carbocycles. The molecule has 3 aromatic rings. The summed E-state index contributed by atoms with van der Waals surface area (Å²) in [5, 5.41) is 11.7. The van der Waals surface area contributed by atoms with Gasteiger partial charge in [0.1, 0.15) is 11.5 Å². The molecule has 34 heavy (non-hydrogen) atoms. The first-order valence-electron chi connectivity index (χ1n) is 11.2. The van der Waals surface area contributed by atoms with Crippen molar-refractivity contribution in [1.29, 1.82) is 0 Å². The van der Waals surface area contributed by atoms with Crippen molar-refractivity contribution >= 4 is 34.7 Å². The van der Waals surface area contributed by atoms with Gasteiger partial charge in [-0.2, -0.15) is 0 Å². The number of ether oxygens (including phenoxy) is 1. The first kappa shape index (κ1) is 23.6. The fourth-order valence-corrected chi connectivity index (χ4v) is 4.31. The number of ketones is 1. The van der Waals surface area contributed by atoms with Crippen LogP contribution in [0.3, 0.4) is 0 Å². The zero-order valence-corrected chi connectivity index (χ0v) is 20.0. The molecule has 3 aromatic carbocycles. The summed E-state index contributed by atoms with van der Waals surface area (Å²) in [6.45, 7) is 6.40. The summed E-state index contributed by atoms with van der Waals surface area (Å²) in [4.78, 5) is 28.0. The summed E-state index contributed by atoms with van der Waals surface area (Å²) in [6.07, 6.45) is 0. The number of rotatable bonds is 6. The Kier molecular flexibility index (Phi) is 6.75. The summed E-state index contributed by atoms with van der Waals surface area (Å²) in [7, 11) is 0. The number of nitrogens with zero attached hydrogens (tertiary/aromatic N) is 1. The maximum Gasteiger partial charge on any atom is 0.300 e. The van der Waals surface area contributed by atoms with Gasteiger partial charge in [0, 0.05) is 11.3 Å². The smallest absolute Gasteiger partial charge is 0.300 e. The number of halogens is 1. The van der Waals surface area contributed by atoms with Crippen LogP contribution >= 0.6 is 11.6 Å². The monoisotopic (exact) mass is 475 g/mol. The molecule has 0 aromatic heterocycles. The van der Waals surface area contributed by atoms with E-state index >= 15 is 0 Å². The molecule has 1 atom stereocenters. The maximum atomic E-state index is 13.3. The lowest BCUT2D eigenvalue weighted by Crippen LogP contribution is -2.29. The Morgan fingerprint density at radius 2 is 1.71 bits per heavy atom. The van der Waals surface area contributed by atoms with Crippen molar-refractivity contribution in [2.45, 2.75) is 32.7 Å². The number of aliphatic hydroxyl groups is 1. The van der Waals surface area contributed by atoms with E-state index in [1.165, 1.54) is 4.90 Å². The summed E-state index contributed by atoms with van der Waals surface area (Å²) >= 11 is 6.20. The van der Waals surface area contributed by atoms with Gasteiger partial charge in [-0.1, -0.05) is 67.9 Å². The second-order valence-corrected chi connectivity index (χ2v) is 8.81. The second kappa shape index (κ2) is 9.74. The first-order valence-corrected chi connectivity index (χ1v) is 11.6. The fourth-order valence-electron chi connectivity index (χ4n) is 4.14. The van der Waals surface area contributed by atoms with E-state index in [9.17, 15) is 14.7 Å². The molecule has 6 heteroatoms. The van der Waals surface area contributed by atoms with E-state index in [1.807, 2.05) is 61.5 Å². The molecule has 5 nitrogen and oxygen atoms in total. The van der Waals surface area contributed by atoms with Crippen molar-refractivity contribution in [2.75, 3.05) is 11.5 Å². The van der Waals surface area contributed by atoms with E-state index in [2.05, 4.69) is 13.8 Å². The molecule has 4 rings (SSSR count). The first-order chi connectivity index (χ1) is 16.3. The van der Waals surface area contributed by atoms with Gasteiger partial charge in [0.05, 0.1) is 23.2 Å². The van der Waals surface area contributed by atoms with Gasteiger partial charge in [-0.15, -0.1) is 0 Å². The molecule has 1 amide bonds. The van der Waals surface area contributed by atoms with Crippen molar-refractivity contribution in [3.63, 3.8) is 0 Å². The fraction of sp³-hybridized carbons (Fsp3) is 0.214. The highest BCUT2D eigenvalue weighted by Gasteiger charge is 2.46. The molecule has 1 saturated heterocycles. The van der Waals surface area contributed by atoms with E-state index in [0.29, 0.717) is 34.5 Å². The van der Waals surface area contributed by atoms with Crippen LogP contribution in [0.5, 0.6) is 5.75 Å². The van der Waals surface area contributed by atoms with Crippen LogP contribution in [-0.2, 0) is 9.59 Å². The highest BCUT2D eigenvalue weighted by Crippen LogP contribution is 2.43. The van der Waals surface area contributed by atoms with Gasteiger partial charge in [-0.25, -0.2) is 0 Å². The van der Waals surface area contributed by atoms with Crippen LogP contribution in [0.15, 0.2) is 78.4 Å². The Hall–Kier alpha value is -3.57. The molecule has 0 saturated carbocycles. The minimum absolute atomic E-state index is 0.0221. The van der Waals surface area contributed by atoms with Crippen LogP contribution in [0.2, 0.25) is 5.02 Å². The van der Waals surface area contributed by atoms with E-state index in [-0.39, 0.29) is 11.3 Å². The third kappa shape index (κ3) is 4.31. The minimum atomic E-state index is -0.780. The van der Waals surface area contributed by atoms with Crippen molar-refractivity contribution in [2.24, 2.45) is 0 Å². The Morgan fingerprint density at radius 1 is 1.03 bits per heavy atom. The van der Waals surface area contributed by atoms with Gasteiger partial charge in [0.2, 0.25) is 0 Å². The predicted molar refractivity (Wildman–Crippen MR) is 134 cm³/mol. The van der Waals surface area contributed by atoms with Crippen LogP contribution < -0.4 is 9.64 Å². The molecule has 1 heterocycles. The quantitative estimate of drug-likeness (QED) is 0.251. The van der Waals surface area contributed by atoms with Crippen LogP contribution in [0.4, 0.5) is 5.69 Å². The Balaban J connectivity index is 1.89. The number of carbonyl (C=O) groups is 2. The van der Waals surface area contributed by atoms with Crippen molar-refractivity contribution < 1.29 is 19.4 Å². The molecule has 0 radical (unpaired) electrons. The molecular formula is C28H26ClNO4. The van der Waals surface area contributed by atoms with Crippen LogP contribution in [0.1, 0.15) is 49.4 Å². The van der Waals surface area contributed by atoms with Gasteiger partial charge < -0.3 is 9.84 Å². The molecule has 1 fully saturated rings. The zero-order chi connectivity index (χ0) is 24.4. The highest BCUT2D eigenvalue weighted by molar-refractivity contribution is 6.51. The average molecular weight is 476 g/mol. The Labute approximate surface area is 204 Å². The standard InChI is InChI=1S/C28H26ClNO4/c1-4-34-23-16-20(12-15-22(23)29)26(31)24-25(19-8-6-5-7-9-19)30(28(33)27(24)32)21-13-10-18(11-14-21)17(2)3/h5-17,25,31H,4H2,1-3H3/b26-24-. The van der Waals surface area contributed by atoms with E-state index < -0.39 is 17.7 Å². The Bertz CT molecular complexity index is 1250. The second-order valence-electron chi connectivity index (χ2n) is 8.40. The molecule has 1 unspecified atom stereocenters. The van der Waals surface area contributed by atoms with E-state index in [4.69, 9.17) is 16.3 Å². The van der Waals surface area contributed by atoms with Gasteiger partial charge in [0.15, 0.2) is 0 Å². The third-order valence-corrected chi connectivity index (χ3v) is 6.21. The molecule has 1 aliphatic rings. The largest absolute Gasteiger partial charge is 0.507 e. The highest BCUT2D eigenvalue weighted by atomic mass is 35.5. The normalized spacial score (nSPS) is 17.4. The summed E-state index contributed by atoms with van der Waals surface area (Å²) in [6, 6.07) is 20.8. The number of aliphatic hydroxyl groups excluding tert-OH is 1. The van der Waals surface area contributed by atoms with Gasteiger partial charge in [0.25, 0.3) is 11.7 Å². The molecule has 0 spiro atoms. The zero-order valence-electron chi connectivity index (χ0n) is 19.3. The summed E-state index contributed by atoms with van der Waals surface area (Å²) in [5.74, 6) is -0.980. The lowest BCUT2D eigenvalue weighted by molar-refractivity contribution is -0.132. The van der Waals surface area contributed by atoms with Crippen molar-refractivity contribution in [1.82, 2.24) is 0 Å². The van der Waals surface area contributed by atoms with E-state index in [1.54, 1.807) is 18.2 Å². The van der Waals surface area contributed by atoms with Crippen LogP contribution in [0.25, 0.3) is 5.76 Å². The van der Waals surface area contributed by atoms with Gasteiger partial charge in [-0.05, 0) is 54.3 Å². The number of hydrogen-bond acceptors (Lipinski definition) is 4. The molecular weight excluding hydrogens is 450 g/mol. The number of carbonyl (C=O) groups excluding carboxylic acids is 2.